The van der Waals surface area contributed by atoms with Gasteiger partial charge in [0.1, 0.15) is 0 Å². The van der Waals surface area contributed by atoms with Crippen molar-refractivity contribution in [1.82, 2.24) is 4.57 Å². The lowest BCUT2D eigenvalue weighted by Gasteiger charge is -2.11. The standard InChI is InChI=1S/C17H13ClN4O2.ClH.H2O/c18-10-5-7-11(8-6-10)22-9-14(15(23)21-17(19)20)12-3-1-2-4-13(12)16(22)24;;/h1-9H,(H4,19,20,21,23);1H;1H2. The molecule has 136 valence electrons. The number of benzene rings is 2. The summed E-state index contributed by atoms with van der Waals surface area (Å²) in [6, 6.07) is 13.5. The second-order valence-corrected chi connectivity index (χ2v) is 5.52. The summed E-state index contributed by atoms with van der Waals surface area (Å²) in [5, 5.41) is 1.43. The Balaban J connectivity index is 0.00000169. The number of hydrogen-bond acceptors (Lipinski definition) is 2. The zero-order valence-electron chi connectivity index (χ0n) is 13.3. The van der Waals surface area contributed by atoms with E-state index in [0.717, 1.165) is 0 Å². The van der Waals surface area contributed by atoms with Gasteiger partial charge in [0.05, 0.1) is 5.56 Å². The van der Waals surface area contributed by atoms with E-state index in [1.54, 1.807) is 48.5 Å². The average molecular weight is 395 g/mol. The van der Waals surface area contributed by atoms with Gasteiger partial charge in [-0.1, -0.05) is 29.8 Å². The van der Waals surface area contributed by atoms with E-state index < -0.39 is 5.91 Å². The number of carbonyl (C=O) groups is 1. The Kier molecular flexibility index (Phi) is 6.91. The van der Waals surface area contributed by atoms with Crippen molar-refractivity contribution in [3.05, 3.63) is 75.7 Å². The summed E-state index contributed by atoms with van der Waals surface area (Å²) in [5.41, 5.74) is 11.1. The second-order valence-electron chi connectivity index (χ2n) is 5.08. The molecule has 0 aliphatic heterocycles. The number of pyridine rings is 1. The van der Waals surface area contributed by atoms with E-state index in [1.165, 1.54) is 10.8 Å². The molecule has 0 unspecified atom stereocenters. The van der Waals surface area contributed by atoms with E-state index in [-0.39, 0.29) is 35.0 Å². The Morgan fingerprint density at radius 3 is 2.15 bits per heavy atom. The zero-order valence-corrected chi connectivity index (χ0v) is 14.9. The van der Waals surface area contributed by atoms with Crippen molar-refractivity contribution in [3.63, 3.8) is 0 Å². The van der Waals surface area contributed by atoms with E-state index >= 15 is 0 Å². The Morgan fingerprint density at radius 1 is 1.00 bits per heavy atom. The van der Waals surface area contributed by atoms with Crippen LogP contribution in [0.25, 0.3) is 16.5 Å². The Bertz CT molecular complexity index is 1030. The van der Waals surface area contributed by atoms with E-state index in [2.05, 4.69) is 4.99 Å². The van der Waals surface area contributed by atoms with Gasteiger partial charge in [-0.25, -0.2) is 0 Å². The highest BCUT2D eigenvalue weighted by molar-refractivity contribution is 6.30. The maximum atomic E-state index is 12.7. The molecule has 0 aliphatic carbocycles. The van der Waals surface area contributed by atoms with E-state index in [9.17, 15) is 9.59 Å². The molecule has 0 atom stereocenters. The van der Waals surface area contributed by atoms with Crippen LogP contribution in [0, 0.1) is 0 Å². The SMILES string of the molecule is Cl.NC(N)=NC(=O)c1cn(-c2ccc(Cl)cc2)c(=O)c2ccccc12.O. The molecule has 9 heteroatoms. The van der Waals surface area contributed by atoms with Crippen LogP contribution in [-0.4, -0.2) is 21.9 Å². The summed E-state index contributed by atoms with van der Waals surface area (Å²) in [7, 11) is 0. The van der Waals surface area contributed by atoms with Crippen molar-refractivity contribution < 1.29 is 10.3 Å². The maximum Gasteiger partial charge on any atom is 0.282 e. The lowest BCUT2D eigenvalue weighted by Crippen LogP contribution is -2.25. The molecule has 3 aromatic rings. The van der Waals surface area contributed by atoms with Crippen LogP contribution >= 0.6 is 24.0 Å². The van der Waals surface area contributed by atoms with Gasteiger partial charge in [0, 0.05) is 27.7 Å². The van der Waals surface area contributed by atoms with Gasteiger partial charge in [-0.2, -0.15) is 4.99 Å². The van der Waals surface area contributed by atoms with Gasteiger partial charge in [-0.15, -0.1) is 12.4 Å². The highest BCUT2D eigenvalue weighted by Gasteiger charge is 2.15. The molecule has 0 saturated carbocycles. The molecular weight excluding hydrogens is 379 g/mol. The Labute approximate surface area is 159 Å². The molecule has 3 rings (SSSR count). The minimum Gasteiger partial charge on any atom is -0.412 e. The van der Waals surface area contributed by atoms with E-state index in [1.807, 2.05) is 0 Å². The molecular formula is C17H16Cl2N4O3. The van der Waals surface area contributed by atoms with Crippen LogP contribution in [0.4, 0.5) is 0 Å². The van der Waals surface area contributed by atoms with Crippen LogP contribution in [0.3, 0.4) is 0 Å². The van der Waals surface area contributed by atoms with Crippen LogP contribution in [0.5, 0.6) is 0 Å². The van der Waals surface area contributed by atoms with Crippen molar-refractivity contribution >= 4 is 46.6 Å². The number of nitrogens with two attached hydrogens (primary N) is 2. The number of fused-ring (bicyclic) bond motifs is 1. The quantitative estimate of drug-likeness (QED) is 0.504. The van der Waals surface area contributed by atoms with Gasteiger partial charge in [0.2, 0.25) is 0 Å². The van der Waals surface area contributed by atoms with Gasteiger partial charge in [0.15, 0.2) is 5.96 Å². The monoisotopic (exact) mass is 394 g/mol. The van der Waals surface area contributed by atoms with Crippen LogP contribution in [-0.2, 0) is 0 Å². The van der Waals surface area contributed by atoms with Crippen molar-refractivity contribution in [1.29, 1.82) is 0 Å². The molecule has 0 saturated heterocycles. The topological polar surface area (TPSA) is 135 Å². The molecule has 7 nitrogen and oxygen atoms in total. The van der Waals surface area contributed by atoms with Crippen LogP contribution in [0.1, 0.15) is 10.4 Å². The van der Waals surface area contributed by atoms with Gasteiger partial charge in [0.25, 0.3) is 11.5 Å². The molecule has 0 radical (unpaired) electrons. The predicted octanol–water partition coefficient (Wildman–Crippen LogP) is 1.65. The number of guanidine groups is 1. The fourth-order valence-corrected chi connectivity index (χ4v) is 2.56. The molecule has 0 bridgehead atoms. The van der Waals surface area contributed by atoms with Gasteiger partial charge in [-0.3, -0.25) is 14.2 Å². The molecule has 26 heavy (non-hydrogen) atoms. The fraction of sp³-hybridized carbons (Fsp3) is 0. The maximum absolute atomic E-state index is 12.7. The van der Waals surface area contributed by atoms with Crippen molar-refractivity contribution in [2.75, 3.05) is 0 Å². The van der Waals surface area contributed by atoms with Crippen LogP contribution < -0.4 is 17.0 Å². The summed E-state index contributed by atoms with van der Waals surface area (Å²) in [5.74, 6) is -0.956. The zero-order chi connectivity index (χ0) is 17.3. The lowest BCUT2D eigenvalue weighted by atomic mass is 10.1. The Hall–Kier alpha value is -2.87. The van der Waals surface area contributed by atoms with Gasteiger partial charge >= 0.3 is 0 Å². The summed E-state index contributed by atoms with van der Waals surface area (Å²) in [6.07, 6.45) is 1.43. The number of carbonyl (C=O) groups excluding carboxylic acids is 1. The minimum atomic E-state index is -0.617. The Morgan fingerprint density at radius 2 is 1.58 bits per heavy atom. The summed E-state index contributed by atoms with van der Waals surface area (Å²) < 4.78 is 1.37. The number of aromatic nitrogens is 1. The average Bonchev–Trinajstić information content (AvgIpc) is 2.56. The first kappa shape index (κ1) is 21.2. The largest absolute Gasteiger partial charge is 0.412 e. The summed E-state index contributed by atoms with van der Waals surface area (Å²) in [4.78, 5) is 28.7. The number of hydrogen-bond donors (Lipinski definition) is 2. The third-order valence-electron chi connectivity index (χ3n) is 3.49. The minimum absolute atomic E-state index is 0. The molecule has 0 fully saturated rings. The van der Waals surface area contributed by atoms with E-state index in [0.29, 0.717) is 21.5 Å². The highest BCUT2D eigenvalue weighted by atomic mass is 35.5. The van der Waals surface area contributed by atoms with Crippen molar-refractivity contribution in [2.24, 2.45) is 16.5 Å². The molecule has 1 amide bonds. The van der Waals surface area contributed by atoms with Crippen LogP contribution in [0.15, 0.2) is 64.5 Å². The molecule has 6 N–H and O–H groups in total. The number of rotatable bonds is 2. The van der Waals surface area contributed by atoms with Gasteiger partial charge in [-0.05, 0) is 30.3 Å². The first-order valence-corrected chi connectivity index (χ1v) is 7.39. The lowest BCUT2D eigenvalue weighted by molar-refractivity contribution is 0.100. The van der Waals surface area contributed by atoms with E-state index in [4.69, 9.17) is 23.1 Å². The third-order valence-corrected chi connectivity index (χ3v) is 3.74. The van der Waals surface area contributed by atoms with Gasteiger partial charge < -0.3 is 16.9 Å². The molecule has 2 aromatic carbocycles. The first-order chi connectivity index (χ1) is 11.5. The molecule has 0 spiro atoms. The second kappa shape index (κ2) is 8.48. The third kappa shape index (κ3) is 4.02. The van der Waals surface area contributed by atoms with Crippen LogP contribution in [0.2, 0.25) is 5.02 Å². The summed E-state index contributed by atoms with van der Waals surface area (Å²) in [6.45, 7) is 0. The smallest absolute Gasteiger partial charge is 0.282 e. The number of amides is 1. The number of halogens is 2. The summed E-state index contributed by atoms with van der Waals surface area (Å²) >= 11 is 5.89. The molecule has 1 heterocycles. The fourth-order valence-electron chi connectivity index (χ4n) is 2.43. The molecule has 1 aromatic heterocycles. The van der Waals surface area contributed by atoms with Crippen molar-refractivity contribution in [2.45, 2.75) is 0 Å². The first-order valence-electron chi connectivity index (χ1n) is 7.01. The molecule has 0 aliphatic rings. The number of aliphatic imine (C=N–C) groups is 1. The number of nitrogens with zero attached hydrogens (tertiary/aromatic N) is 2. The predicted molar refractivity (Wildman–Crippen MR) is 106 cm³/mol. The normalized spacial score (nSPS) is 9.73. The highest BCUT2D eigenvalue weighted by Crippen LogP contribution is 2.19. The van der Waals surface area contributed by atoms with Crippen molar-refractivity contribution in [3.8, 4) is 5.69 Å².